The van der Waals surface area contributed by atoms with Crippen LogP contribution in [0.15, 0.2) is 0 Å². The maximum atomic E-state index is 12.4. The summed E-state index contributed by atoms with van der Waals surface area (Å²) in [6.07, 6.45) is 6.77. The minimum Gasteiger partial charge on any atom is -0.346 e. The number of piperazine rings is 1. The van der Waals surface area contributed by atoms with Gasteiger partial charge in [0.15, 0.2) is 0 Å². The summed E-state index contributed by atoms with van der Waals surface area (Å²) >= 11 is 0. The Morgan fingerprint density at radius 2 is 1.48 bits per heavy atom. The van der Waals surface area contributed by atoms with E-state index in [1.165, 1.54) is 32.1 Å². The van der Waals surface area contributed by atoms with Crippen LogP contribution in [-0.2, 0) is 14.4 Å². The first-order valence-electron chi connectivity index (χ1n) is 9.97. The third-order valence-electron chi connectivity index (χ3n) is 5.61. The zero-order valence-corrected chi connectivity index (χ0v) is 17.4. The molecule has 8 heteroatoms. The van der Waals surface area contributed by atoms with Crippen LogP contribution in [0.3, 0.4) is 0 Å². The number of nitrogens with two attached hydrogens (primary N) is 1. The van der Waals surface area contributed by atoms with E-state index in [4.69, 9.17) is 5.73 Å². The lowest BCUT2D eigenvalue weighted by Gasteiger charge is -2.36. The molecule has 3 N–H and O–H groups in total. The molecule has 1 saturated heterocycles. The maximum absolute atomic E-state index is 12.4. The number of hydrogen-bond acceptors (Lipinski definition) is 4. The highest BCUT2D eigenvalue weighted by Crippen LogP contribution is 2.27. The van der Waals surface area contributed by atoms with E-state index < -0.39 is 6.04 Å². The van der Waals surface area contributed by atoms with Crippen molar-refractivity contribution in [2.75, 3.05) is 32.7 Å². The standard InChI is InChI=1S/C19H34N4O3.ClH/c1-14(2)18(20)19(26)21-13-17(25)23-10-8-22(9-11-23)16(24)12-15-6-4-3-5-7-15;/h14-15,18H,3-13,20H2,1-2H3,(H,21,26);1H/t18-;/m0./s1. The minimum absolute atomic E-state index is 0. The average molecular weight is 403 g/mol. The van der Waals surface area contributed by atoms with Crippen molar-refractivity contribution in [3.8, 4) is 0 Å². The molecule has 0 aromatic carbocycles. The molecule has 7 nitrogen and oxygen atoms in total. The van der Waals surface area contributed by atoms with Crippen LogP contribution in [0.2, 0.25) is 0 Å². The quantitative estimate of drug-likeness (QED) is 0.696. The van der Waals surface area contributed by atoms with E-state index in [9.17, 15) is 14.4 Å². The van der Waals surface area contributed by atoms with E-state index in [1.807, 2.05) is 18.7 Å². The molecule has 1 saturated carbocycles. The van der Waals surface area contributed by atoms with Gasteiger partial charge in [-0.1, -0.05) is 33.1 Å². The summed E-state index contributed by atoms with van der Waals surface area (Å²) in [7, 11) is 0. The zero-order chi connectivity index (χ0) is 19.1. The van der Waals surface area contributed by atoms with Gasteiger partial charge in [-0.15, -0.1) is 12.4 Å². The molecule has 3 amide bonds. The van der Waals surface area contributed by atoms with Gasteiger partial charge in [-0.25, -0.2) is 0 Å². The second-order valence-electron chi connectivity index (χ2n) is 7.96. The Hall–Kier alpha value is -1.34. The van der Waals surface area contributed by atoms with Crippen molar-refractivity contribution in [3.05, 3.63) is 0 Å². The number of carbonyl (C=O) groups excluding carboxylic acids is 3. The number of nitrogens with one attached hydrogen (secondary N) is 1. The fraction of sp³-hybridized carbons (Fsp3) is 0.842. The molecule has 0 radical (unpaired) electrons. The Kier molecular flexibility index (Phi) is 10.1. The normalized spacial score (nSPS) is 19.4. The Morgan fingerprint density at radius 1 is 0.963 bits per heavy atom. The van der Waals surface area contributed by atoms with Gasteiger partial charge in [-0.2, -0.15) is 0 Å². The molecule has 0 bridgehead atoms. The van der Waals surface area contributed by atoms with Gasteiger partial charge in [0.05, 0.1) is 12.6 Å². The maximum Gasteiger partial charge on any atom is 0.242 e. The fourth-order valence-corrected chi connectivity index (χ4v) is 3.67. The van der Waals surface area contributed by atoms with Crippen LogP contribution in [0.5, 0.6) is 0 Å². The van der Waals surface area contributed by atoms with Gasteiger partial charge >= 0.3 is 0 Å². The minimum atomic E-state index is -0.600. The molecule has 27 heavy (non-hydrogen) atoms. The highest BCUT2D eigenvalue weighted by molar-refractivity contribution is 5.87. The second kappa shape index (κ2) is 11.5. The third-order valence-corrected chi connectivity index (χ3v) is 5.61. The number of hydrogen-bond donors (Lipinski definition) is 2. The van der Waals surface area contributed by atoms with Crippen LogP contribution in [-0.4, -0.2) is 66.3 Å². The lowest BCUT2D eigenvalue weighted by Crippen LogP contribution is -2.54. The van der Waals surface area contributed by atoms with Crippen LogP contribution in [0.4, 0.5) is 0 Å². The molecule has 0 spiro atoms. The lowest BCUT2D eigenvalue weighted by molar-refractivity contribution is -0.140. The van der Waals surface area contributed by atoms with E-state index in [1.54, 1.807) is 4.90 Å². The van der Waals surface area contributed by atoms with Gasteiger partial charge < -0.3 is 20.9 Å². The predicted molar refractivity (Wildman–Crippen MR) is 107 cm³/mol. The predicted octanol–water partition coefficient (Wildman–Crippen LogP) is 1.15. The summed E-state index contributed by atoms with van der Waals surface area (Å²) in [5.74, 6) is 0.378. The topological polar surface area (TPSA) is 95.7 Å². The molecule has 2 fully saturated rings. The SMILES string of the molecule is CC(C)[C@H](N)C(=O)NCC(=O)N1CCN(C(=O)CC2CCCCC2)CC1.Cl. The van der Waals surface area contributed by atoms with Crippen LogP contribution < -0.4 is 11.1 Å². The molecule has 156 valence electrons. The van der Waals surface area contributed by atoms with Crippen molar-refractivity contribution in [1.29, 1.82) is 0 Å². The molecule has 2 aliphatic rings. The molecule has 0 aromatic rings. The monoisotopic (exact) mass is 402 g/mol. The summed E-state index contributed by atoms with van der Waals surface area (Å²) in [6.45, 7) is 5.93. The van der Waals surface area contributed by atoms with E-state index in [2.05, 4.69) is 5.32 Å². The molecule has 1 aliphatic heterocycles. The van der Waals surface area contributed by atoms with E-state index in [0.29, 0.717) is 38.5 Å². The number of rotatable bonds is 6. The number of halogens is 1. The van der Waals surface area contributed by atoms with Gasteiger partial charge in [-0.05, 0) is 24.7 Å². The first-order chi connectivity index (χ1) is 12.4. The highest BCUT2D eigenvalue weighted by Gasteiger charge is 2.27. The van der Waals surface area contributed by atoms with Crippen LogP contribution in [0.1, 0.15) is 52.4 Å². The number of nitrogens with zero attached hydrogens (tertiary/aromatic N) is 2. The van der Waals surface area contributed by atoms with Crippen LogP contribution in [0, 0.1) is 11.8 Å². The number of amides is 3. The van der Waals surface area contributed by atoms with Gasteiger partial charge in [0.1, 0.15) is 0 Å². The van der Waals surface area contributed by atoms with Gasteiger partial charge in [0.25, 0.3) is 0 Å². The summed E-state index contributed by atoms with van der Waals surface area (Å²) in [5.41, 5.74) is 5.77. The third kappa shape index (κ3) is 7.30. The molecule has 0 unspecified atom stereocenters. The highest BCUT2D eigenvalue weighted by atomic mass is 35.5. The Bertz CT molecular complexity index is 501. The van der Waals surface area contributed by atoms with Gasteiger partial charge in [0.2, 0.25) is 17.7 Å². The summed E-state index contributed by atoms with van der Waals surface area (Å²) < 4.78 is 0. The molecule has 1 heterocycles. The smallest absolute Gasteiger partial charge is 0.242 e. The average Bonchev–Trinajstić information content (AvgIpc) is 2.66. The van der Waals surface area contributed by atoms with Crippen molar-refractivity contribution in [2.24, 2.45) is 17.6 Å². The molecule has 1 atom stereocenters. The van der Waals surface area contributed by atoms with Crippen molar-refractivity contribution in [3.63, 3.8) is 0 Å². The van der Waals surface area contributed by atoms with Gasteiger partial charge in [0, 0.05) is 32.6 Å². The number of carbonyl (C=O) groups is 3. The fourth-order valence-electron chi connectivity index (χ4n) is 3.67. The van der Waals surface area contributed by atoms with Gasteiger partial charge in [-0.3, -0.25) is 14.4 Å². The Labute approximate surface area is 168 Å². The first kappa shape index (κ1) is 23.7. The van der Waals surface area contributed by atoms with E-state index in [-0.39, 0.29) is 42.6 Å². The largest absolute Gasteiger partial charge is 0.346 e. The Morgan fingerprint density at radius 3 is 2.00 bits per heavy atom. The van der Waals surface area contributed by atoms with Crippen molar-refractivity contribution < 1.29 is 14.4 Å². The Balaban J connectivity index is 0.00000364. The molecule has 2 rings (SSSR count). The lowest BCUT2D eigenvalue weighted by atomic mass is 9.86. The van der Waals surface area contributed by atoms with Crippen LogP contribution in [0.25, 0.3) is 0 Å². The molecular weight excluding hydrogens is 368 g/mol. The van der Waals surface area contributed by atoms with Crippen molar-refractivity contribution in [2.45, 2.75) is 58.4 Å². The second-order valence-corrected chi connectivity index (χ2v) is 7.96. The van der Waals surface area contributed by atoms with Crippen LogP contribution >= 0.6 is 12.4 Å². The molecule has 0 aromatic heterocycles. The zero-order valence-electron chi connectivity index (χ0n) is 16.6. The van der Waals surface area contributed by atoms with E-state index >= 15 is 0 Å². The molecule has 1 aliphatic carbocycles. The van der Waals surface area contributed by atoms with Crippen molar-refractivity contribution in [1.82, 2.24) is 15.1 Å². The first-order valence-corrected chi connectivity index (χ1v) is 9.97. The summed E-state index contributed by atoms with van der Waals surface area (Å²) in [6, 6.07) is -0.600. The summed E-state index contributed by atoms with van der Waals surface area (Å²) in [5, 5.41) is 2.61. The van der Waals surface area contributed by atoms with E-state index in [0.717, 1.165) is 0 Å². The summed E-state index contributed by atoms with van der Waals surface area (Å²) in [4.78, 5) is 40.1. The van der Waals surface area contributed by atoms with Crippen molar-refractivity contribution >= 4 is 30.1 Å². The molecular formula is C19H35ClN4O3.